The monoisotopic (exact) mass is 278 g/mol. The van der Waals surface area contributed by atoms with Crippen LogP contribution in [0.1, 0.15) is 22.3 Å². The van der Waals surface area contributed by atoms with Gasteiger partial charge in [-0.15, -0.1) is 0 Å². The van der Waals surface area contributed by atoms with E-state index >= 15 is 0 Å². The number of carbonyl (C=O) groups is 2. The molecule has 0 spiro atoms. The van der Waals surface area contributed by atoms with Crippen molar-refractivity contribution in [3.05, 3.63) is 35.4 Å². The van der Waals surface area contributed by atoms with Gasteiger partial charge in [0.1, 0.15) is 0 Å². The number of nitrogens with two attached hydrogens (primary N) is 1. The van der Waals surface area contributed by atoms with Gasteiger partial charge in [-0.1, -0.05) is 12.1 Å². The minimum absolute atomic E-state index is 0.0511. The Labute approximate surface area is 117 Å². The zero-order valence-electron chi connectivity index (χ0n) is 11.1. The van der Waals surface area contributed by atoms with Crippen molar-refractivity contribution in [1.29, 1.82) is 0 Å². The number of aliphatic carboxylic acids is 1. The van der Waals surface area contributed by atoms with Crippen LogP contribution in [0.15, 0.2) is 24.3 Å². The summed E-state index contributed by atoms with van der Waals surface area (Å²) < 4.78 is 5.33. The predicted octanol–water partition coefficient (Wildman–Crippen LogP) is 0.461. The first-order valence-corrected chi connectivity index (χ1v) is 6.48. The van der Waals surface area contributed by atoms with Gasteiger partial charge in [0.25, 0.3) is 0 Å². The van der Waals surface area contributed by atoms with Crippen LogP contribution < -0.4 is 5.73 Å². The number of carboxylic acid groups (broad SMARTS) is 1. The average Bonchev–Trinajstić information content (AvgIpc) is 2.41. The molecule has 1 aliphatic rings. The van der Waals surface area contributed by atoms with Crippen molar-refractivity contribution in [3.8, 4) is 0 Å². The Morgan fingerprint density at radius 3 is 2.95 bits per heavy atom. The fourth-order valence-electron chi connectivity index (χ4n) is 2.34. The number of nitrogens with zero attached hydrogens (tertiary/aromatic N) is 1. The number of hydrogen-bond donors (Lipinski definition) is 2. The summed E-state index contributed by atoms with van der Waals surface area (Å²) in [4.78, 5) is 24.1. The van der Waals surface area contributed by atoms with Crippen LogP contribution in [0.25, 0.3) is 0 Å². The van der Waals surface area contributed by atoms with Gasteiger partial charge in [0.15, 0.2) is 0 Å². The first kappa shape index (κ1) is 14.5. The van der Waals surface area contributed by atoms with Gasteiger partial charge >= 0.3 is 5.97 Å². The van der Waals surface area contributed by atoms with Gasteiger partial charge in [-0.25, -0.2) is 0 Å². The van der Waals surface area contributed by atoms with E-state index in [4.69, 9.17) is 15.6 Å². The molecule has 0 radical (unpaired) electrons. The van der Waals surface area contributed by atoms with Crippen molar-refractivity contribution in [2.75, 3.05) is 19.8 Å². The van der Waals surface area contributed by atoms with Gasteiger partial charge in [0.2, 0.25) is 5.91 Å². The molecule has 1 heterocycles. The summed E-state index contributed by atoms with van der Waals surface area (Å²) in [7, 11) is 0. The highest BCUT2D eigenvalue weighted by molar-refractivity contribution is 5.92. The summed E-state index contributed by atoms with van der Waals surface area (Å²) in [6.45, 7) is 2.27. The number of rotatable bonds is 5. The summed E-state index contributed by atoms with van der Waals surface area (Å²) in [5, 5.41) is 8.92. The molecule has 1 atom stereocenters. The van der Waals surface area contributed by atoms with Crippen LogP contribution in [0.5, 0.6) is 0 Å². The van der Waals surface area contributed by atoms with Crippen molar-refractivity contribution in [1.82, 2.24) is 4.90 Å². The number of carbonyl (C=O) groups excluding carboxylic acids is 1. The molecular formula is C14H18N2O4. The molecule has 1 aromatic rings. The molecule has 0 aromatic heterocycles. The molecular weight excluding hydrogens is 260 g/mol. The number of morpholine rings is 1. The molecule has 1 unspecified atom stereocenters. The largest absolute Gasteiger partial charge is 0.481 e. The van der Waals surface area contributed by atoms with E-state index in [-0.39, 0.29) is 12.5 Å². The first-order chi connectivity index (χ1) is 9.56. The average molecular weight is 278 g/mol. The normalized spacial score (nSPS) is 19.7. The first-order valence-electron chi connectivity index (χ1n) is 6.48. The standard InChI is InChI=1S/C14H18N2O4/c15-14(19)11-3-1-2-10(6-11)8-16-4-5-20-9-12(16)7-13(17)18/h1-3,6,12H,4-5,7-9H2,(H2,15,19)(H,17,18). The number of benzene rings is 1. The van der Waals surface area contributed by atoms with Crippen LogP contribution in [0, 0.1) is 0 Å². The van der Waals surface area contributed by atoms with Crippen molar-refractivity contribution in [3.63, 3.8) is 0 Å². The van der Waals surface area contributed by atoms with E-state index in [1.165, 1.54) is 0 Å². The van der Waals surface area contributed by atoms with Gasteiger partial charge in [-0.3, -0.25) is 14.5 Å². The number of carboxylic acids is 1. The lowest BCUT2D eigenvalue weighted by atomic mass is 10.1. The summed E-state index contributed by atoms with van der Waals surface area (Å²) >= 11 is 0. The van der Waals surface area contributed by atoms with Gasteiger partial charge in [-0.05, 0) is 17.7 Å². The third-order valence-electron chi connectivity index (χ3n) is 3.36. The third kappa shape index (κ3) is 3.79. The number of ether oxygens (including phenoxy) is 1. The molecule has 1 fully saturated rings. The third-order valence-corrected chi connectivity index (χ3v) is 3.36. The van der Waals surface area contributed by atoms with Gasteiger partial charge < -0.3 is 15.6 Å². The predicted molar refractivity (Wildman–Crippen MR) is 72.2 cm³/mol. The van der Waals surface area contributed by atoms with Crippen LogP contribution in [0.3, 0.4) is 0 Å². The lowest BCUT2D eigenvalue weighted by Crippen LogP contribution is -2.45. The Morgan fingerprint density at radius 1 is 1.45 bits per heavy atom. The summed E-state index contributed by atoms with van der Waals surface area (Å²) in [6.07, 6.45) is 0.0511. The maximum absolute atomic E-state index is 11.2. The highest BCUT2D eigenvalue weighted by Crippen LogP contribution is 2.16. The van der Waals surface area contributed by atoms with Crippen molar-refractivity contribution in [2.24, 2.45) is 5.73 Å². The highest BCUT2D eigenvalue weighted by atomic mass is 16.5. The fraction of sp³-hybridized carbons (Fsp3) is 0.429. The Bertz CT molecular complexity index is 504. The fourth-order valence-corrected chi connectivity index (χ4v) is 2.34. The van der Waals surface area contributed by atoms with E-state index in [9.17, 15) is 9.59 Å². The van der Waals surface area contributed by atoms with Gasteiger partial charge in [0, 0.05) is 24.7 Å². The van der Waals surface area contributed by atoms with Crippen molar-refractivity contribution in [2.45, 2.75) is 19.0 Å². The second kappa shape index (κ2) is 6.49. The molecule has 6 heteroatoms. The summed E-state index contributed by atoms with van der Waals surface area (Å²) in [5.41, 5.74) is 6.67. The molecule has 108 valence electrons. The minimum Gasteiger partial charge on any atom is -0.481 e. The molecule has 0 bridgehead atoms. The van der Waals surface area contributed by atoms with Crippen LogP contribution in [-0.2, 0) is 16.1 Å². The molecule has 1 saturated heterocycles. The quantitative estimate of drug-likeness (QED) is 0.816. The maximum atomic E-state index is 11.2. The molecule has 1 amide bonds. The second-order valence-corrected chi connectivity index (χ2v) is 4.86. The molecule has 1 aliphatic heterocycles. The van der Waals surface area contributed by atoms with Crippen molar-refractivity contribution >= 4 is 11.9 Å². The topological polar surface area (TPSA) is 92.9 Å². The van der Waals surface area contributed by atoms with E-state index in [1.807, 2.05) is 6.07 Å². The molecule has 0 aliphatic carbocycles. The van der Waals surface area contributed by atoms with Gasteiger partial charge in [0.05, 0.1) is 19.6 Å². The molecule has 0 saturated carbocycles. The lowest BCUT2D eigenvalue weighted by Gasteiger charge is -2.34. The molecule has 20 heavy (non-hydrogen) atoms. The Morgan fingerprint density at radius 2 is 2.25 bits per heavy atom. The zero-order valence-corrected chi connectivity index (χ0v) is 11.1. The summed E-state index contributed by atoms with van der Waals surface area (Å²) in [6, 6.07) is 6.95. The summed E-state index contributed by atoms with van der Waals surface area (Å²) in [5.74, 6) is -1.30. The highest BCUT2D eigenvalue weighted by Gasteiger charge is 2.25. The maximum Gasteiger partial charge on any atom is 0.305 e. The Kier molecular flexibility index (Phi) is 4.70. The van der Waals surface area contributed by atoms with Crippen molar-refractivity contribution < 1.29 is 19.4 Å². The smallest absolute Gasteiger partial charge is 0.305 e. The SMILES string of the molecule is NC(=O)c1cccc(CN2CCOCC2CC(=O)O)c1. The lowest BCUT2D eigenvalue weighted by molar-refractivity contribution is -0.140. The van der Waals surface area contributed by atoms with E-state index in [0.717, 1.165) is 5.56 Å². The van der Waals surface area contributed by atoms with E-state index in [1.54, 1.807) is 18.2 Å². The van der Waals surface area contributed by atoms with Gasteiger partial charge in [-0.2, -0.15) is 0 Å². The molecule has 2 rings (SSSR count). The molecule has 6 nitrogen and oxygen atoms in total. The van der Waals surface area contributed by atoms with E-state index < -0.39 is 11.9 Å². The minimum atomic E-state index is -0.837. The number of primary amides is 1. The van der Waals surface area contributed by atoms with Crippen LogP contribution in [0.4, 0.5) is 0 Å². The van der Waals surface area contributed by atoms with E-state index in [2.05, 4.69) is 4.90 Å². The van der Waals surface area contributed by atoms with Crippen LogP contribution in [-0.4, -0.2) is 47.7 Å². The molecule has 3 N–H and O–H groups in total. The zero-order chi connectivity index (χ0) is 14.5. The number of amides is 1. The molecule has 1 aromatic carbocycles. The van der Waals surface area contributed by atoms with Crippen LogP contribution >= 0.6 is 0 Å². The van der Waals surface area contributed by atoms with E-state index in [0.29, 0.717) is 31.9 Å². The Hall–Kier alpha value is -1.92. The Balaban J connectivity index is 2.08. The number of hydrogen-bond acceptors (Lipinski definition) is 4. The van der Waals surface area contributed by atoms with Crippen LogP contribution in [0.2, 0.25) is 0 Å². The second-order valence-electron chi connectivity index (χ2n) is 4.86.